The highest BCUT2D eigenvalue weighted by molar-refractivity contribution is 6.42. The first kappa shape index (κ1) is 27.7. The van der Waals surface area contributed by atoms with Crippen molar-refractivity contribution in [1.82, 2.24) is 10.2 Å². The van der Waals surface area contributed by atoms with Crippen LogP contribution in [0.2, 0.25) is 10.0 Å². The van der Waals surface area contributed by atoms with E-state index < -0.39 is 12.1 Å². The Morgan fingerprint density at radius 1 is 0.917 bits per heavy atom. The zero-order valence-corrected chi connectivity index (χ0v) is 21.8. The van der Waals surface area contributed by atoms with Crippen LogP contribution in [0.3, 0.4) is 0 Å². The lowest BCUT2D eigenvalue weighted by atomic mass is 10.0. The third kappa shape index (κ3) is 7.55. The van der Waals surface area contributed by atoms with Crippen molar-refractivity contribution in [3.05, 3.63) is 105 Å². The zero-order valence-electron chi connectivity index (χ0n) is 20.3. The molecule has 2 unspecified atom stereocenters. The summed E-state index contributed by atoms with van der Waals surface area (Å²) >= 11 is 12.0. The van der Waals surface area contributed by atoms with Gasteiger partial charge in [-0.1, -0.05) is 83.9 Å². The minimum Gasteiger partial charge on any atom is -0.387 e. The minimum absolute atomic E-state index is 0.0632. The number of amides is 2. The van der Waals surface area contributed by atoms with Gasteiger partial charge in [0.05, 0.1) is 29.1 Å². The van der Waals surface area contributed by atoms with Gasteiger partial charge in [0.15, 0.2) is 0 Å². The lowest BCUT2D eigenvalue weighted by molar-refractivity contribution is -0.136. The molecule has 36 heavy (non-hydrogen) atoms. The maximum absolute atomic E-state index is 13.2. The van der Waals surface area contributed by atoms with Gasteiger partial charge < -0.3 is 21.1 Å². The maximum atomic E-state index is 13.2. The SMILES string of the molecule is CC(C)N(CC(O)c1ccc(Cl)c(Cl)c1)C(=O)C(N)c1ccc(CNC(=O)Cc2ccccc2)cc1. The number of hydrogen-bond donors (Lipinski definition) is 3. The lowest BCUT2D eigenvalue weighted by Crippen LogP contribution is -2.44. The predicted octanol–water partition coefficient (Wildman–Crippen LogP) is 4.82. The van der Waals surface area contributed by atoms with E-state index in [1.807, 2.05) is 56.3 Å². The molecule has 6 nitrogen and oxygen atoms in total. The second-order valence-electron chi connectivity index (χ2n) is 8.93. The smallest absolute Gasteiger partial charge is 0.244 e. The molecule has 0 bridgehead atoms. The van der Waals surface area contributed by atoms with Crippen molar-refractivity contribution in [2.24, 2.45) is 5.73 Å². The Morgan fingerprint density at radius 3 is 2.17 bits per heavy atom. The van der Waals surface area contributed by atoms with Crippen molar-refractivity contribution >= 4 is 35.0 Å². The largest absolute Gasteiger partial charge is 0.387 e. The molecule has 8 heteroatoms. The fraction of sp³-hybridized carbons (Fsp3) is 0.286. The number of aliphatic hydroxyl groups excluding tert-OH is 1. The Hall–Kier alpha value is -2.90. The number of nitrogens with two attached hydrogens (primary N) is 1. The van der Waals surface area contributed by atoms with E-state index in [-0.39, 0.29) is 24.4 Å². The minimum atomic E-state index is -0.944. The van der Waals surface area contributed by atoms with Crippen LogP contribution in [0.15, 0.2) is 72.8 Å². The van der Waals surface area contributed by atoms with E-state index in [4.69, 9.17) is 28.9 Å². The first-order valence-corrected chi connectivity index (χ1v) is 12.5. The fourth-order valence-corrected chi connectivity index (χ4v) is 4.08. The first-order chi connectivity index (χ1) is 17.2. The molecule has 0 aromatic heterocycles. The molecule has 2 atom stereocenters. The highest BCUT2D eigenvalue weighted by Crippen LogP contribution is 2.27. The summed E-state index contributed by atoms with van der Waals surface area (Å²) in [5.41, 5.74) is 9.38. The van der Waals surface area contributed by atoms with Crippen molar-refractivity contribution in [1.29, 1.82) is 0 Å². The quantitative estimate of drug-likeness (QED) is 0.352. The van der Waals surface area contributed by atoms with Gasteiger partial charge in [0.2, 0.25) is 11.8 Å². The lowest BCUT2D eigenvalue weighted by Gasteiger charge is -2.31. The second-order valence-corrected chi connectivity index (χ2v) is 9.75. The molecule has 0 aliphatic carbocycles. The molecular weight excluding hydrogens is 497 g/mol. The van der Waals surface area contributed by atoms with Gasteiger partial charge in [0, 0.05) is 12.6 Å². The average Bonchev–Trinajstić information content (AvgIpc) is 2.87. The van der Waals surface area contributed by atoms with E-state index in [0.717, 1.165) is 11.1 Å². The number of halogens is 2. The number of rotatable bonds is 10. The molecule has 0 aliphatic heterocycles. The van der Waals surface area contributed by atoms with Gasteiger partial charge in [-0.3, -0.25) is 9.59 Å². The molecule has 0 heterocycles. The molecule has 0 aliphatic rings. The number of aliphatic hydroxyl groups is 1. The predicted molar refractivity (Wildman–Crippen MR) is 144 cm³/mol. The normalized spacial score (nSPS) is 12.8. The Bertz CT molecular complexity index is 1170. The van der Waals surface area contributed by atoms with Crippen LogP contribution < -0.4 is 11.1 Å². The van der Waals surface area contributed by atoms with E-state index >= 15 is 0 Å². The van der Waals surface area contributed by atoms with Gasteiger partial charge in [-0.25, -0.2) is 0 Å². The van der Waals surface area contributed by atoms with Gasteiger partial charge in [0.1, 0.15) is 6.04 Å². The number of nitrogens with zero attached hydrogens (tertiary/aromatic N) is 1. The Labute approximate surface area is 222 Å². The molecular formula is C28H31Cl2N3O3. The molecule has 2 amide bonds. The zero-order chi connectivity index (χ0) is 26.2. The Balaban J connectivity index is 1.59. The summed E-state index contributed by atoms with van der Waals surface area (Å²) in [6, 6.07) is 20.6. The van der Waals surface area contributed by atoms with Crippen LogP contribution in [0.5, 0.6) is 0 Å². The van der Waals surface area contributed by atoms with Crippen LogP contribution in [-0.4, -0.2) is 34.4 Å². The third-order valence-corrected chi connectivity index (χ3v) is 6.65. The molecule has 3 rings (SSSR count). The summed E-state index contributed by atoms with van der Waals surface area (Å²) in [5.74, 6) is -0.363. The van der Waals surface area contributed by atoms with E-state index in [2.05, 4.69) is 5.32 Å². The van der Waals surface area contributed by atoms with Gasteiger partial charge >= 0.3 is 0 Å². The molecule has 190 valence electrons. The Kier molecular flexibility index (Phi) is 9.90. The number of benzene rings is 3. The Morgan fingerprint density at radius 2 is 1.56 bits per heavy atom. The summed E-state index contributed by atoms with van der Waals surface area (Å²) in [7, 11) is 0. The van der Waals surface area contributed by atoms with Crippen molar-refractivity contribution in [2.75, 3.05) is 6.54 Å². The van der Waals surface area contributed by atoms with Crippen LogP contribution in [0, 0.1) is 0 Å². The van der Waals surface area contributed by atoms with Gasteiger partial charge in [0.25, 0.3) is 0 Å². The summed E-state index contributed by atoms with van der Waals surface area (Å²) in [6.45, 7) is 4.18. The number of carbonyl (C=O) groups excluding carboxylic acids is 2. The van der Waals surface area contributed by atoms with Crippen LogP contribution in [-0.2, 0) is 22.6 Å². The van der Waals surface area contributed by atoms with Crippen molar-refractivity contribution < 1.29 is 14.7 Å². The van der Waals surface area contributed by atoms with Gasteiger partial charge in [-0.15, -0.1) is 0 Å². The molecule has 0 radical (unpaired) electrons. The van der Waals surface area contributed by atoms with Gasteiger partial charge in [-0.05, 0) is 48.2 Å². The fourth-order valence-electron chi connectivity index (χ4n) is 3.78. The van der Waals surface area contributed by atoms with Crippen LogP contribution in [0.25, 0.3) is 0 Å². The van der Waals surface area contributed by atoms with Crippen molar-refractivity contribution in [2.45, 2.75) is 45.0 Å². The van der Waals surface area contributed by atoms with Crippen LogP contribution >= 0.6 is 23.2 Å². The molecule has 0 saturated carbocycles. The van der Waals surface area contributed by atoms with Crippen molar-refractivity contribution in [3.63, 3.8) is 0 Å². The first-order valence-electron chi connectivity index (χ1n) is 11.7. The second kappa shape index (κ2) is 12.9. The molecule has 3 aromatic rings. The number of hydrogen-bond acceptors (Lipinski definition) is 4. The van der Waals surface area contributed by atoms with Crippen LogP contribution in [0.1, 0.15) is 48.2 Å². The number of carbonyl (C=O) groups is 2. The number of nitrogens with one attached hydrogen (secondary N) is 1. The highest BCUT2D eigenvalue weighted by atomic mass is 35.5. The molecule has 0 fully saturated rings. The molecule has 0 spiro atoms. The van der Waals surface area contributed by atoms with Crippen LogP contribution in [0.4, 0.5) is 0 Å². The average molecular weight is 528 g/mol. The third-order valence-electron chi connectivity index (χ3n) is 5.91. The van der Waals surface area contributed by atoms with E-state index in [1.54, 1.807) is 35.2 Å². The summed E-state index contributed by atoms with van der Waals surface area (Å²) in [6.07, 6.45) is -0.627. The van der Waals surface area contributed by atoms with Crippen molar-refractivity contribution in [3.8, 4) is 0 Å². The summed E-state index contributed by atoms with van der Waals surface area (Å²) in [4.78, 5) is 27.0. The molecule has 3 aromatic carbocycles. The van der Waals surface area contributed by atoms with E-state index in [1.165, 1.54) is 0 Å². The topological polar surface area (TPSA) is 95.7 Å². The van der Waals surface area contributed by atoms with E-state index in [9.17, 15) is 14.7 Å². The highest BCUT2D eigenvalue weighted by Gasteiger charge is 2.27. The molecule has 0 saturated heterocycles. The monoisotopic (exact) mass is 527 g/mol. The summed E-state index contributed by atoms with van der Waals surface area (Å²) in [5, 5.41) is 14.4. The van der Waals surface area contributed by atoms with E-state index in [0.29, 0.717) is 34.1 Å². The molecule has 4 N–H and O–H groups in total. The maximum Gasteiger partial charge on any atom is 0.244 e. The standard InChI is InChI=1S/C28H31Cl2N3O3/c1-18(2)33(17-25(34)22-12-13-23(29)24(30)15-22)28(36)27(31)21-10-8-20(9-11-21)16-32-26(35)14-19-6-4-3-5-7-19/h3-13,15,18,25,27,34H,14,16-17,31H2,1-2H3,(H,32,35). The van der Waals surface area contributed by atoms with Gasteiger partial charge in [-0.2, -0.15) is 0 Å². The summed E-state index contributed by atoms with van der Waals surface area (Å²) < 4.78 is 0.